The number of aryl methyl sites for hydroxylation is 1. The molecule has 2 aromatic rings. The SMILES string of the molecule is Cn1cc(CCNC(=O)Cc2ccc(F)cc2)cn1. The van der Waals surface area contributed by atoms with Gasteiger partial charge in [0.25, 0.3) is 0 Å². The molecular weight excluding hydrogens is 245 g/mol. The lowest BCUT2D eigenvalue weighted by Gasteiger charge is -2.04. The Hall–Kier alpha value is -2.17. The minimum atomic E-state index is -0.291. The van der Waals surface area contributed by atoms with Crippen LogP contribution in [0.5, 0.6) is 0 Å². The van der Waals surface area contributed by atoms with Crippen molar-refractivity contribution in [2.45, 2.75) is 12.8 Å². The molecule has 1 N–H and O–H groups in total. The molecule has 1 amide bonds. The van der Waals surface area contributed by atoms with Gasteiger partial charge in [-0.15, -0.1) is 0 Å². The smallest absolute Gasteiger partial charge is 0.224 e. The predicted octanol–water partition coefficient (Wildman–Crippen LogP) is 1.46. The molecule has 0 atom stereocenters. The molecule has 0 fully saturated rings. The Kier molecular flexibility index (Phi) is 4.28. The van der Waals surface area contributed by atoms with Crippen molar-refractivity contribution in [3.8, 4) is 0 Å². The third-order valence-corrected chi connectivity index (χ3v) is 2.77. The predicted molar refractivity (Wildman–Crippen MR) is 70.0 cm³/mol. The molecule has 19 heavy (non-hydrogen) atoms. The van der Waals surface area contributed by atoms with E-state index in [1.165, 1.54) is 12.1 Å². The van der Waals surface area contributed by atoms with Crippen molar-refractivity contribution in [3.63, 3.8) is 0 Å². The van der Waals surface area contributed by atoms with E-state index >= 15 is 0 Å². The van der Waals surface area contributed by atoms with E-state index in [0.717, 1.165) is 17.5 Å². The van der Waals surface area contributed by atoms with Crippen LogP contribution in [0.3, 0.4) is 0 Å². The highest BCUT2D eigenvalue weighted by Crippen LogP contribution is 2.03. The van der Waals surface area contributed by atoms with E-state index in [1.54, 1.807) is 23.0 Å². The van der Waals surface area contributed by atoms with Gasteiger partial charge in [-0.3, -0.25) is 9.48 Å². The van der Waals surface area contributed by atoms with E-state index in [1.807, 2.05) is 13.2 Å². The number of nitrogens with one attached hydrogen (secondary N) is 1. The summed E-state index contributed by atoms with van der Waals surface area (Å²) in [5, 5.41) is 6.89. The molecule has 1 heterocycles. The highest BCUT2D eigenvalue weighted by Gasteiger charge is 2.03. The molecule has 5 heteroatoms. The zero-order valence-corrected chi connectivity index (χ0v) is 10.8. The van der Waals surface area contributed by atoms with Crippen molar-refractivity contribution < 1.29 is 9.18 Å². The number of carbonyl (C=O) groups excluding carboxylic acids is 1. The molecule has 1 aromatic carbocycles. The van der Waals surface area contributed by atoms with Crippen LogP contribution in [-0.2, 0) is 24.7 Å². The van der Waals surface area contributed by atoms with Crippen LogP contribution in [0.1, 0.15) is 11.1 Å². The molecular formula is C14H16FN3O. The van der Waals surface area contributed by atoms with Crippen molar-refractivity contribution in [2.75, 3.05) is 6.54 Å². The number of halogens is 1. The van der Waals surface area contributed by atoms with Crippen LogP contribution < -0.4 is 5.32 Å². The van der Waals surface area contributed by atoms with E-state index in [4.69, 9.17) is 0 Å². The van der Waals surface area contributed by atoms with Gasteiger partial charge in [-0.1, -0.05) is 12.1 Å². The minimum Gasteiger partial charge on any atom is -0.355 e. The van der Waals surface area contributed by atoms with Crippen molar-refractivity contribution >= 4 is 5.91 Å². The van der Waals surface area contributed by atoms with Crippen molar-refractivity contribution in [3.05, 3.63) is 53.6 Å². The van der Waals surface area contributed by atoms with E-state index in [-0.39, 0.29) is 18.1 Å². The van der Waals surface area contributed by atoms with Gasteiger partial charge in [-0.2, -0.15) is 5.10 Å². The lowest BCUT2D eigenvalue weighted by Crippen LogP contribution is -2.27. The highest BCUT2D eigenvalue weighted by molar-refractivity contribution is 5.78. The average Bonchev–Trinajstić information content (AvgIpc) is 2.78. The number of amides is 1. The van der Waals surface area contributed by atoms with Gasteiger partial charge in [-0.25, -0.2) is 4.39 Å². The molecule has 0 bridgehead atoms. The molecule has 0 aliphatic rings. The fourth-order valence-corrected chi connectivity index (χ4v) is 1.80. The summed E-state index contributed by atoms with van der Waals surface area (Å²) in [6, 6.07) is 5.96. The Morgan fingerprint density at radius 2 is 2.05 bits per heavy atom. The second kappa shape index (κ2) is 6.13. The van der Waals surface area contributed by atoms with Gasteiger partial charge in [-0.05, 0) is 29.7 Å². The van der Waals surface area contributed by atoms with Crippen LogP contribution in [0, 0.1) is 5.82 Å². The summed E-state index contributed by atoms with van der Waals surface area (Å²) < 4.78 is 14.4. The van der Waals surface area contributed by atoms with Gasteiger partial charge in [0.15, 0.2) is 0 Å². The topological polar surface area (TPSA) is 46.9 Å². The number of hydrogen-bond donors (Lipinski definition) is 1. The average molecular weight is 261 g/mol. The van der Waals surface area contributed by atoms with E-state index in [2.05, 4.69) is 10.4 Å². The van der Waals surface area contributed by atoms with Crippen LogP contribution in [-0.4, -0.2) is 22.2 Å². The highest BCUT2D eigenvalue weighted by atomic mass is 19.1. The van der Waals surface area contributed by atoms with Gasteiger partial charge in [0.1, 0.15) is 5.82 Å². The molecule has 4 nitrogen and oxygen atoms in total. The largest absolute Gasteiger partial charge is 0.355 e. The Morgan fingerprint density at radius 1 is 1.32 bits per heavy atom. The zero-order chi connectivity index (χ0) is 13.7. The summed E-state index contributed by atoms with van der Waals surface area (Å²) in [5.41, 5.74) is 1.89. The van der Waals surface area contributed by atoms with Gasteiger partial charge in [0, 0.05) is 19.8 Å². The zero-order valence-electron chi connectivity index (χ0n) is 10.8. The maximum atomic E-state index is 12.7. The van der Waals surface area contributed by atoms with Crippen molar-refractivity contribution in [2.24, 2.45) is 7.05 Å². The van der Waals surface area contributed by atoms with Crippen LogP contribution in [0.4, 0.5) is 4.39 Å². The second-order valence-corrected chi connectivity index (χ2v) is 4.43. The maximum absolute atomic E-state index is 12.7. The van der Waals surface area contributed by atoms with Crippen LogP contribution >= 0.6 is 0 Å². The van der Waals surface area contributed by atoms with Crippen LogP contribution in [0.15, 0.2) is 36.7 Å². The summed E-state index contributed by atoms with van der Waals surface area (Å²) in [5.74, 6) is -0.351. The van der Waals surface area contributed by atoms with Gasteiger partial charge in [0.05, 0.1) is 12.6 Å². The molecule has 0 aliphatic heterocycles. The Morgan fingerprint density at radius 3 is 2.68 bits per heavy atom. The Labute approximate surface area is 111 Å². The van der Waals surface area contributed by atoms with E-state index in [0.29, 0.717) is 6.54 Å². The fourth-order valence-electron chi connectivity index (χ4n) is 1.80. The Balaban J connectivity index is 1.74. The Bertz CT molecular complexity index is 548. The monoisotopic (exact) mass is 261 g/mol. The van der Waals surface area contributed by atoms with Gasteiger partial charge in [0.2, 0.25) is 5.91 Å². The number of nitrogens with zero attached hydrogens (tertiary/aromatic N) is 2. The number of benzene rings is 1. The van der Waals surface area contributed by atoms with E-state index in [9.17, 15) is 9.18 Å². The molecule has 1 aromatic heterocycles. The molecule has 2 rings (SSSR count). The molecule has 0 aliphatic carbocycles. The third-order valence-electron chi connectivity index (χ3n) is 2.77. The fraction of sp³-hybridized carbons (Fsp3) is 0.286. The summed E-state index contributed by atoms with van der Waals surface area (Å²) in [7, 11) is 1.86. The minimum absolute atomic E-state index is 0.0597. The van der Waals surface area contributed by atoms with Crippen LogP contribution in [0.2, 0.25) is 0 Å². The summed E-state index contributed by atoms with van der Waals surface area (Å²) in [6.45, 7) is 0.575. The molecule has 0 spiro atoms. The molecule has 0 saturated heterocycles. The summed E-state index contributed by atoms with van der Waals surface area (Å²) in [4.78, 5) is 11.7. The molecule has 100 valence electrons. The quantitative estimate of drug-likeness (QED) is 0.885. The molecule has 0 saturated carbocycles. The number of aromatic nitrogens is 2. The first-order valence-electron chi connectivity index (χ1n) is 6.12. The van der Waals surface area contributed by atoms with Gasteiger partial charge < -0.3 is 5.32 Å². The summed E-state index contributed by atoms with van der Waals surface area (Å²) >= 11 is 0. The first kappa shape index (κ1) is 13.3. The van der Waals surface area contributed by atoms with E-state index < -0.39 is 0 Å². The number of rotatable bonds is 5. The molecule has 0 unspecified atom stereocenters. The van der Waals surface area contributed by atoms with Gasteiger partial charge >= 0.3 is 0 Å². The van der Waals surface area contributed by atoms with Crippen LogP contribution in [0.25, 0.3) is 0 Å². The van der Waals surface area contributed by atoms with Crippen molar-refractivity contribution in [1.29, 1.82) is 0 Å². The first-order chi connectivity index (χ1) is 9.13. The first-order valence-corrected chi connectivity index (χ1v) is 6.12. The third kappa shape index (κ3) is 4.21. The molecule has 0 radical (unpaired) electrons. The standard InChI is InChI=1S/C14H16FN3O/c1-18-10-12(9-17-18)6-7-16-14(19)8-11-2-4-13(15)5-3-11/h2-5,9-10H,6-8H2,1H3,(H,16,19). The van der Waals surface area contributed by atoms with Crippen molar-refractivity contribution in [1.82, 2.24) is 15.1 Å². The number of carbonyl (C=O) groups is 1. The summed E-state index contributed by atoms with van der Waals surface area (Å²) in [6.07, 6.45) is 4.73. The maximum Gasteiger partial charge on any atom is 0.224 e. The lowest BCUT2D eigenvalue weighted by atomic mass is 10.1. The second-order valence-electron chi connectivity index (χ2n) is 4.43. The normalized spacial score (nSPS) is 10.4. The lowest BCUT2D eigenvalue weighted by molar-refractivity contribution is -0.120. The number of hydrogen-bond acceptors (Lipinski definition) is 2.